The van der Waals surface area contributed by atoms with E-state index in [-0.39, 0.29) is 35.8 Å². The molecule has 3 N–H and O–H groups in total. The zero-order valence-electron chi connectivity index (χ0n) is 18.7. The first kappa shape index (κ1) is 24.1. The SMILES string of the molecule is O=C(NCCCNC(=O)C1CCCN(C(=O)CCOc2ccccc2)C1)c1cccc(O)c1. The molecular weight excluding hydrogens is 422 g/mol. The molecule has 8 heteroatoms. The summed E-state index contributed by atoms with van der Waals surface area (Å²) in [5.74, 6) is 0.220. The fourth-order valence-electron chi connectivity index (χ4n) is 3.74. The molecule has 1 unspecified atom stereocenters. The van der Waals surface area contributed by atoms with E-state index in [4.69, 9.17) is 4.74 Å². The minimum absolute atomic E-state index is 0.00177. The Morgan fingerprint density at radius 2 is 1.82 bits per heavy atom. The lowest BCUT2D eigenvalue weighted by molar-refractivity contribution is -0.136. The van der Waals surface area contributed by atoms with Crippen LogP contribution in [0.2, 0.25) is 0 Å². The molecule has 8 nitrogen and oxygen atoms in total. The number of para-hydroxylation sites is 1. The number of rotatable bonds is 10. The second-order valence-electron chi connectivity index (χ2n) is 8.04. The summed E-state index contributed by atoms with van der Waals surface area (Å²) in [5, 5.41) is 15.1. The van der Waals surface area contributed by atoms with Gasteiger partial charge in [0.1, 0.15) is 11.5 Å². The molecule has 0 radical (unpaired) electrons. The third-order valence-electron chi connectivity index (χ3n) is 5.52. The highest BCUT2D eigenvalue weighted by Gasteiger charge is 2.28. The van der Waals surface area contributed by atoms with E-state index >= 15 is 0 Å². The van der Waals surface area contributed by atoms with Gasteiger partial charge in [-0.2, -0.15) is 0 Å². The van der Waals surface area contributed by atoms with E-state index in [1.54, 1.807) is 17.0 Å². The normalized spacial score (nSPS) is 15.5. The lowest BCUT2D eigenvalue weighted by atomic mass is 9.97. The van der Waals surface area contributed by atoms with Crippen LogP contribution in [0, 0.1) is 5.92 Å². The Morgan fingerprint density at radius 1 is 1.03 bits per heavy atom. The van der Waals surface area contributed by atoms with E-state index < -0.39 is 0 Å². The van der Waals surface area contributed by atoms with Gasteiger partial charge in [-0.15, -0.1) is 0 Å². The number of nitrogens with one attached hydrogen (secondary N) is 2. The van der Waals surface area contributed by atoms with Crippen LogP contribution in [0.3, 0.4) is 0 Å². The number of benzene rings is 2. The van der Waals surface area contributed by atoms with Crippen molar-refractivity contribution in [2.45, 2.75) is 25.7 Å². The molecule has 0 aliphatic carbocycles. The molecule has 2 aromatic carbocycles. The molecule has 33 heavy (non-hydrogen) atoms. The monoisotopic (exact) mass is 453 g/mol. The lowest BCUT2D eigenvalue weighted by Gasteiger charge is -2.32. The highest BCUT2D eigenvalue weighted by atomic mass is 16.5. The minimum Gasteiger partial charge on any atom is -0.508 e. The van der Waals surface area contributed by atoms with E-state index in [0.717, 1.165) is 18.6 Å². The van der Waals surface area contributed by atoms with Crippen LogP contribution in [-0.4, -0.2) is 60.5 Å². The molecule has 3 rings (SSSR count). The van der Waals surface area contributed by atoms with E-state index in [1.165, 1.54) is 12.1 Å². The quantitative estimate of drug-likeness (QED) is 0.479. The van der Waals surface area contributed by atoms with Crippen LogP contribution in [0.5, 0.6) is 11.5 Å². The van der Waals surface area contributed by atoms with Gasteiger partial charge in [-0.1, -0.05) is 24.3 Å². The summed E-state index contributed by atoms with van der Waals surface area (Å²) in [7, 11) is 0. The lowest BCUT2D eigenvalue weighted by Crippen LogP contribution is -2.46. The third kappa shape index (κ3) is 7.82. The van der Waals surface area contributed by atoms with Gasteiger partial charge in [-0.25, -0.2) is 0 Å². The van der Waals surface area contributed by atoms with Crippen molar-refractivity contribution in [3.63, 3.8) is 0 Å². The van der Waals surface area contributed by atoms with E-state index in [2.05, 4.69) is 10.6 Å². The van der Waals surface area contributed by atoms with Crippen molar-refractivity contribution < 1.29 is 24.2 Å². The number of phenolic OH excluding ortho intramolecular Hbond substituents is 1. The molecule has 1 aliphatic rings. The number of carbonyl (C=O) groups is 3. The summed E-state index contributed by atoms with van der Waals surface area (Å²) >= 11 is 0. The van der Waals surface area contributed by atoms with Crippen molar-refractivity contribution in [3.05, 3.63) is 60.2 Å². The topological polar surface area (TPSA) is 108 Å². The zero-order chi connectivity index (χ0) is 23.5. The van der Waals surface area contributed by atoms with Crippen LogP contribution in [0.15, 0.2) is 54.6 Å². The van der Waals surface area contributed by atoms with E-state index in [0.29, 0.717) is 44.8 Å². The molecule has 1 saturated heterocycles. The van der Waals surface area contributed by atoms with Gasteiger partial charge < -0.3 is 25.4 Å². The number of amides is 3. The number of carbonyl (C=O) groups excluding carboxylic acids is 3. The van der Waals surface area contributed by atoms with Gasteiger partial charge >= 0.3 is 0 Å². The highest BCUT2D eigenvalue weighted by Crippen LogP contribution is 2.18. The summed E-state index contributed by atoms with van der Waals surface area (Å²) in [6.07, 6.45) is 2.41. The maximum atomic E-state index is 12.5. The number of piperidine rings is 1. The number of aromatic hydroxyl groups is 1. The first-order valence-corrected chi connectivity index (χ1v) is 11.3. The Kier molecular flexibility index (Phi) is 9.11. The molecule has 0 bridgehead atoms. The molecule has 0 aromatic heterocycles. The molecule has 0 spiro atoms. The summed E-state index contributed by atoms with van der Waals surface area (Å²) in [6.45, 7) is 2.24. The highest BCUT2D eigenvalue weighted by molar-refractivity contribution is 5.94. The largest absolute Gasteiger partial charge is 0.508 e. The van der Waals surface area contributed by atoms with Crippen LogP contribution in [0.25, 0.3) is 0 Å². The van der Waals surface area contributed by atoms with Crippen molar-refractivity contribution in [1.82, 2.24) is 15.5 Å². The maximum absolute atomic E-state index is 12.5. The second-order valence-corrected chi connectivity index (χ2v) is 8.04. The van der Waals surface area contributed by atoms with Gasteiger partial charge in [0.15, 0.2) is 0 Å². The van der Waals surface area contributed by atoms with Crippen molar-refractivity contribution in [2.75, 3.05) is 32.8 Å². The van der Waals surface area contributed by atoms with E-state index in [1.807, 2.05) is 30.3 Å². The number of nitrogens with zero attached hydrogens (tertiary/aromatic N) is 1. The molecule has 1 atom stereocenters. The van der Waals surface area contributed by atoms with Gasteiger partial charge in [-0.05, 0) is 49.6 Å². The number of phenols is 1. The van der Waals surface area contributed by atoms with Gasteiger partial charge in [0.05, 0.1) is 18.9 Å². The smallest absolute Gasteiger partial charge is 0.251 e. The van der Waals surface area contributed by atoms with Gasteiger partial charge in [0.2, 0.25) is 11.8 Å². The number of likely N-dealkylation sites (tertiary alicyclic amines) is 1. The van der Waals surface area contributed by atoms with Gasteiger partial charge in [0.25, 0.3) is 5.91 Å². The molecule has 3 amide bonds. The number of hydrogen-bond donors (Lipinski definition) is 3. The Balaban J connectivity index is 1.31. The van der Waals surface area contributed by atoms with Crippen LogP contribution in [-0.2, 0) is 9.59 Å². The predicted octanol–water partition coefficient (Wildman–Crippen LogP) is 2.34. The zero-order valence-corrected chi connectivity index (χ0v) is 18.7. The summed E-state index contributed by atoms with van der Waals surface area (Å²) < 4.78 is 5.60. The Hall–Kier alpha value is -3.55. The third-order valence-corrected chi connectivity index (χ3v) is 5.52. The Bertz CT molecular complexity index is 935. The van der Waals surface area contributed by atoms with Crippen LogP contribution in [0.1, 0.15) is 36.0 Å². The van der Waals surface area contributed by atoms with Crippen LogP contribution in [0.4, 0.5) is 0 Å². The fraction of sp³-hybridized carbons (Fsp3) is 0.400. The Morgan fingerprint density at radius 3 is 2.61 bits per heavy atom. The first-order valence-electron chi connectivity index (χ1n) is 11.3. The predicted molar refractivity (Wildman–Crippen MR) is 124 cm³/mol. The van der Waals surface area contributed by atoms with Crippen LogP contribution < -0.4 is 15.4 Å². The summed E-state index contributed by atoms with van der Waals surface area (Å²) in [4.78, 5) is 38.8. The van der Waals surface area contributed by atoms with Crippen molar-refractivity contribution >= 4 is 17.7 Å². The minimum atomic E-state index is -0.269. The second kappa shape index (κ2) is 12.5. The molecule has 2 aromatic rings. The summed E-state index contributed by atoms with van der Waals surface area (Å²) in [6, 6.07) is 15.5. The van der Waals surface area contributed by atoms with Crippen molar-refractivity contribution in [1.29, 1.82) is 0 Å². The number of ether oxygens (including phenoxy) is 1. The average Bonchev–Trinajstić information content (AvgIpc) is 2.84. The van der Waals surface area contributed by atoms with E-state index in [9.17, 15) is 19.5 Å². The summed E-state index contributed by atoms with van der Waals surface area (Å²) in [5.41, 5.74) is 0.389. The molecule has 1 heterocycles. The Labute approximate surface area is 193 Å². The first-order chi connectivity index (χ1) is 16.0. The van der Waals surface area contributed by atoms with Crippen molar-refractivity contribution in [2.24, 2.45) is 5.92 Å². The molecule has 1 aliphatic heterocycles. The van der Waals surface area contributed by atoms with Crippen LogP contribution >= 0.6 is 0 Å². The van der Waals surface area contributed by atoms with Gasteiger partial charge in [0, 0.05) is 31.7 Å². The molecule has 0 saturated carbocycles. The standard InChI is InChI=1S/C25H31N3O5/c29-21-9-4-7-19(17-21)24(31)26-13-6-14-27-25(32)20-8-5-15-28(18-20)23(30)12-16-33-22-10-2-1-3-11-22/h1-4,7,9-11,17,20,29H,5-6,8,12-16,18H2,(H,26,31)(H,27,32). The fourth-order valence-corrected chi connectivity index (χ4v) is 3.74. The number of hydrogen-bond acceptors (Lipinski definition) is 5. The molecule has 1 fully saturated rings. The van der Waals surface area contributed by atoms with Gasteiger partial charge in [-0.3, -0.25) is 14.4 Å². The van der Waals surface area contributed by atoms with Crippen molar-refractivity contribution in [3.8, 4) is 11.5 Å². The average molecular weight is 454 g/mol. The molecule has 176 valence electrons. The maximum Gasteiger partial charge on any atom is 0.251 e. The molecular formula is C25H31N3O5.